The van der Waals surface area contributed by atoms with Crippen LogP contribution in [0.4, 0.5) is 5.69 Å². The van der Waals surface area contributed by atoms with Gasteiger partial charge in [-0.3, -0.25) is 4.79 Å². The van der Waals surface area contributed by atoms with E-state index in [0.717, 1.165) is 32.6 Å². The molecule has 0 fully saturated rings. The van der Waals surface area contributed by atoms with E-state index in [1.54, 1.807) is 6.20 Å². The minimum Gasteiger partial charge on any atom is -0.342 e. The summed E-state index contributed by atoms with van der Waals surface area (Å²) in [5.41, 5.74) is 4.61. The van der Waals surface area contributed by atoms with Crippen molar-refractivity contribution in [2.75, 3.05) is 5.32 Å². The van der Waals surface area contributed by atoms with E-state index in [4.69, 9.17) is 11.6 Å². The number of rotatable bonds is 3. The van der Waals surface area contributed by atoms with E-state index in [2.05, 4.69) is 33.2 Å². The van der Waals surface area contributed by atoms with Gasteiger partial charge in [0.2, 0.25) is 0 Å². The van der Waals surface area contributed by atoms with Gasteiger partial charge in [0, 0.05) is 50.6 Å². The van der Waals surface area contributed by atoms with E-state index in [-0.39, 0.29) is 5.91 Å². The maximum absolute atomic E-state index is 12.5. The number of thiazole rings is 1. The summed E-state index contributed by atoms with van der Waals surface area (Å²) >= 11 is 7.45. The van der Waals surface area contributed by atoms with Crippen molar-refractivity contribution in [3.8, 4) is 0 Å². The van der Waals surface area contributed by atoms with Crippen molar-refractivity contribution in [3.63, 3.8) is 0 Å². The summed E-state index contributed by atoms with van der Waals surface area (Å²) in [6, 6.07) is 16.0. The molecule has 4 aromatic rings. The lowest BCUT2D eigenvalue weighted by molar-refractivity contribution is -0.110. The Balaban J connectivity index is 1.63. The van der Waals surface area contributed by atoms with Crippen LogP contribution in [0.15, 0.2) is 60.9 Å². The molecule has 0 unspecified atom stereocenters. The molecule has 2 aromatic heterocycles. The van der Waals surface area contributed by atoms with Crippen molar-refractivity contribution in [3.05, 3.63) is 81.4 Å². The molecule has 0 saturated heterocycles. The number of nitrogens with zero attached hydrogens (tertiary/aromatic N) is 2. The van der Waals surface area contributed by atoms with E-state index < -0.39 is 0 Å². The number of hydrogen-bond donors (Lipinski definition) is 1. The quantitative estimate of drug-likeness (QED) is 0.482. The fraction of sp³-hybridized carbons (Fsp3) is 0.0476. The fourth-order valence-electron chi connectivity index (χ4n) is 3.48. The number of anilines is 1. The van der Waals surface area contributed by atoms with Gasteiger partial charge in [-0.05, 0) is 18.2 Å². The number of fused-ring (bicyclic) bond motifs is 2. The second kappa shape index (κ2) is 6.37. The zero-order chi connectivity index (χ0) is 18.4. The van der Waals surface area contributed by atoms with Crippen LogP contribution in [-0.4, -0.2) is 15.5 Å². The highest BCUT2D eigenvalue weighted by atomic mass is 35.5. The molecule has 1 N–H and O–H groups in total. The third-order valence-electron chi connectivity index (χ3n) is 4.68. The minimum absolute atomic E-state index is 0.0673. The third kappa shape index (κ3) is 2.85. The Kier molecular flexibility index (Phi) is 3.85. The second-order valence-electron chi connectivity index (χ2n) is 6.37. The zero-order valence-corrected chi connectivity index (χ0v) is 15.7. The van der Waals surface area contributed by atoms with Crippen LogP contribution in [0, 0.1) is 0 Å². The molecular formula is C21H14ClN3OS. The molecule has 5 rings (SSSR count). The number of para-hydroxylation sites is 2. The summed E-state index contributed by atoms with van der Waals surface area (Å²) in [7, 11) is 0. The number of carbonyl (C=O) groups is 1. The maximum Gasteiger partial charge on any atom is 0.256 e. The first-order chi connectivity index (χ1) is 13.2. The van der Waals surface area contributed by atoms with E-state index in [0.29, 0.717) is 16.6 Å². The molecule has 0 radical (unpaired) electrons. The monoisotopic (exact) mass is 391 g/mol. The smallest absolute Gasteiger partial charge is 0.256 e. The van der Waals surface area contributed by atoms with E-state index in [1.165, 1.54) is 11.3 Å². The minimum atomic E-state index is -0.0673. The normalized spacial score (nSPS) is 14.7. The van der Waals surface area contributed by atoms with Gasteiger partial charge in [0.15, 0.2) is 4.47 Å². The number of hydrogen-bond acceptors (Lipinski definition) is 3. The molecule has 0 saturated carbocycles. The standard InChI is InChI=1S/C21H14ClN3OS/c22-21-23-10-14(27-21)12-25-11-13(15-5-2-4-8-19(15)25)9-17-16-6-1-3-7-18(16)24-20(17)26/h1-11H,12H2,(H,24,26). The van der Waals surface area contributed by atoms with Crippen LogP contribution in [0.3, 0.4) is 0 Å². The van der Waals surface area contributed by atoms with Crippen molar-refractivity contribution in [2.24, 2.45) is 0 Å². The molecule has 0 bridgehead atoms. The van der Waals surface area contributed by atoms with Gasteiger partial charge in [0.1, 0.15) is 0 Å². The Hall–Kier alpha value is -2.89. The summed E-state index contributed by atoms with van der Waals surface area (Å²) in [6.07, 6.45) is 5.86. The Labute approximate surface area is 164 Å². The Bertz CT molecular complexity index is 1220. The van der Waals surface area contributed by atoms with E-state index >= 15 is 0 Å². The highest BCUT2D eigenvalue weighted by molar-refractivity contribution is 7.15. The Morgan fingerprint density at radius 1 is 1.15 bits per heavy atom. The number of carbonyl (C=O) groups excluding carboxylic acids is 1. The van der Waals surface area contributed by atoms with Crippen molar-refractivity contribution < 1.29 is 4.79 Å². The highest BCUT2D eigenvalue weighted by Gasteiger charge is 2.24. The first-order valence-corrected chi connectivity index (χ1v) is 9.69. The number of aromatic nitrogens is 2. The molecule has 1 aliphatic rings. The van der Waals surface area contributed by atoms with E-state index in [1.807, 2.05) is 42.5 Å². The molecule has 0 aliphatic carbocycles. The molecule has 2 aromatic carbocycles. The molecule has 0 atom stereocenters. The molecule has 6 heteroatoms. The van der Waals surface area contributed by atoms with Gasteiger partial charge in [0.25, 0.3) is 5.91 Å². The average molecular weight is 392 g/mol. The number of halogens is 1. The van der Waals surface area contributed by atoms with Crippen LogP contribution in [0.2, 0.25) is 4.47 Å². The van der Waals surface area contributed by atoms with E-state index in [9.17, 15) is 4.79 Å². The maximum atomic E-state index is 12.5. The van der Waals surface area contributed by atoms with Crippen molar-refractivity contribution in [1.82, 2.24) is 9.55 Å². The van der Waals surface area contributed by atoms with Crippen molar-refractivity contribution >= 4 is 57.1 Å². The lowest BCUT2D eigenvalue weighted by atomic mass is 10.0. The molecule has 0 spiro atoms. The summed E-state index contributed by atoms with van der Waals surface area (Å²) in [6.45, 7) is 0.691. The van der Waals surface area contributed by atoms with Crippen LogP contribution in [0.5, 0.6) is 0 Å². The lowest BCUT2D eigenvalue weighted by Gasteiger charge is -2.01. The predicted octanol–water partition coefficient (Wildman–Crippen LogP) is 5.29. The van der Waals surface area contributed by atoms with Crippen LogP contribution in [0.1, 0.15) is 16.0 Å². The van der Waals surface area contributed by atoms with Crippen LogP contribution >= 0.6 is 22.9 Å². The number of nitrogens with one attached hydrogen (secondary N) is 1. The van der Waals surface area contributed by atoms with Crippen molar-refractivity contribution in [2.45, 2.75) is 6.54 Å². The first-order valence-electron chi connectivity index (χ1n) is 8.49. The van der Waals surface area contributed by atoms with Gasteiger partial charge in [-0.1, -0.05) is 48.0 Å². The molecule has 4 nitrogen and oxygen atoms in total. The lowest BCUT2D eigenvalue weighted by Crippen LogP contribution is -2.03. The zero-order valence-electron chi connectivity index (χ0n) is 14.1. The molecule has 27 heavy (non-hydrogen) atoms. The van der Waals surface area contributed by atoms with Gasteiger partial charge in [-0.25, -0.2) is 4.98 Å². The molecular weight excluding hydrogens is 378 g/mol. The first kappa shape index (κ1) is 16.3. The third-order valence-corrected chi connectivity index (χ3v) is 5.78. The summed E-state index contributed by atoms with van der Waals surface area (Å²) in [5.74, 6) is -0.0673. The second-order valence-corrected chi connectivity index (χ2v) is 8.06. The van der Waals surface area contributed by atoms with Crippen LogP contribution in [-0.2, 0) is 11.3 Å². The van der Waals surface area contributed by atoms with Crippen LogP contribution in [0.25, 0.3) is 22.6 Å². The Morgan fingerprint density at radius 2 is 1.96 bits per heavy atom. The SMILES string of the molecule is O=C1Nc2ccccc2C1=Cc1cn(Cc2cnc(Cl)s2)c2ccccc12. The fourth-order valence-corrected chi connectivity index (χ4v) is 4.46. The number of amides is 1. The topological polar surface area (TPSA) is 46.9 Å². The Morgan fingerprint density at radius 3 is 2.81 bits per heavy atom. The molecule has 1 amide bonds. The largest absolute Gasteiger partial charge is 0.342 e. The van der Waals surface area contributed by atoms with Gasteiger partial charge in [-0.2, -0.15) is 0 Å². The summed E-state index contributed by atoms with van der Waals surface area (Å²) in [5, 5.41) is 4.04. The van der Waals surface area contributed by atoms with Crippen LogP contribution < -0.4 is 5.32 Å². The average Bonchev–Trinajstić information content (AvgIpc) is 3.33. The van der Waals surface area contributed by atoms with Gasteiger partial charge >= 0.3 is 0 Å². The number of benzene rings is 2. The molecule has 132 valence electrons. The molecule has 3 heterocycles. The van der Waals surface area contributed by atoms with Gasteiger partial charge in [-0.15, -0.1) is 11.3 Å². The van der Waals surface area contributed by atoms with Gasteiger partial charge < -0.3 is 9.88 Å². The predicted molar refractivity (Wildman–Crippen MR) is 111 cm³/mol. The summed E-state index contributed by atoms with van der Waals surface area (Å²) in [4.78, 5) is 17.7. The van der Waals surface area contributed by atoms with Gasteiger partial charge in [0.05, 0.1) is 6.54 Å². The van der Waals surface area contributed by atoms with Crippen molar-refractivity contribution in [1.29, 1.82) is 0 Å². The summed E-state index contributed by atoms with van der Waals surface area (Å²) < 4.78 is 2.72. The molecule has 1 aliphatic heterocycles. The highest BCUT2D eigenvalue weighted by Crippen LogP contribution is 2.34.